The van der Waals surface area contributed by atoms with Gasteiger partial charge in [0.25, 0.3) is 0 Å². The fourth-order valence-electron chi connectivity index (χ4n) is 3.25. The van der Waals surface area contributed by atoms with Gasteiger partial charge < -0.3 is 20.9 Å². The summed E-state index contributed by atoms with van der Waals surface area (Å²) in [5.74, 6) is -0.616. The third-order valence-electron chi connectivity index (χ3n) is 4.91. The Bertz CT molecular complexity index is 1320. The summed E-state index contributed by atoms with van der Waals surface area (Å²) >= 11 is 6.04. The summed E-state index contributed by atoms with van der Waals surface area (Å²) in [6.07, 6.45) is 1.24. The molecule has 9 heteroatoms. The summed E-state index contributed by atoms with van der Waals surface area (Å²) in [6, 6.07) is 20.4. The molecule has 0 saturated heterocycles. The zero-order chi connectivity index (χ0) is 24.1. The summed E-state index contributed by atoms with van der Waals surface area (Å²) < 4.78 is 26.3. The van der Waals surface area contributed by atoms with E-state index in [-0.39, 0.29) is 24.1 Å². The van der Waals surface area contributed by atoms with Gasteiger partial charge >= 0.3 is 0 Å². The second-order valence-corrected chi connectivity index (χ2v) is 7.73. The average Bonchev–Trinajstić information content (AvgIpc) is 2.84. The smallest absolute Gasteiger partial charge is 0.240 e. The Labute approximate surface area is 200 Å². The summed E-state index contributed by atoms with van der Waals surface area (Å²) in [4.78, 5) is 19.6. The van der Waals surface area contributed by atoms with E-state index in [1.807, 2.05) is 30.3 Å². The van der Waals surface area contributed by atoms with E-state index in [1.165, 1.54) is 18.5 Å². The maximum absolute atomic E-state index is 14.8. The van der Waals surface area contributed by atoms with Crippen molar-refractivity contribution in [2.75, 3.05) is 5.73 Å². The Kier molecular flexibility index (Phi) is 6.89. The molecule has 4 aromatic rings. The number of carbonyl (C=O) groups excluding carboxylic acids is 1. The molecule has 0 fully saturated rings. The van der Waals surface area contributed by atoms with Gasteiger partial charge in [0.05, 0.1) is 5.56 Å². The molecule has 3 aromatic carbocycles. The van der Waals surface area contributed by atoms with Crippen LogP contribution in [0, 0.1) is 5.82 Å². The van der Waals surface area contributed by atoms with Gasteiger partial charge in [-0.2, -0.15) is 0 Å². The summed E-state index contributed by atoms with van der Waals surface area (Å²) in [5, 5.41) is -1.02. The molecule has 4 rings (SSSR count). The number of halogens is 2. The average molecular weight is 479 g/mol. The van der Waals surface area contributed by atoms with Gasteiger partial charge in [-0.15, -0.1) is 11.6 Å². The number of primary amides is 1. The second-order valence-electron chi connectivity index (χ2n) is 7.30. The molecule has 34 heavy (non-hydrogen) atoms. The van der Waals surface area contributed by atoms with E-state index in [0.717, 1.165) is 5.56 Å². The summed E-state index contributed by atoms with van der Waals surface area (Å²) in [7, 11) is 0. The number of carbonyl (C=O) groups is 1. The third-order valence-corrected chi connectivity index (χ3v) is 5.38. The van der Waals surface area contributed by atoms with E-state index in [9.17, 15) is 9.18 Å². The number of alkyl halides is 1. The number of rotatable bonds is 8. The van der Waals surface area contributed by atoms with Crippen LogP contribution in [0.4, 0.5) is 10.2 Å². The molecular weight excluding hydrogens is 459 g/mol. The Balaban J connectivity index is 1.60. The van der Waals surface area contributed by atoms with E-state index in [1.54, 1.807) is 30.3 Å². The van der Waals surface area contributed by atoms with Gasteiger partial charge in [-0.25, -0.2) is 14.4 Å². The van der Waals surface area contributed by atoms with Gasteiger partial charge in [0.2, 0.25) is 11.8 Å². The Hall–Kier alpha value is -4.17. The first kappa shape index (κ1) is 23.0. The molecule has 0 aliphatic carbocycles. The monoisotopic (exact) mass is 478 g/mol. The van der Waals surface area contributed by atoms with Crippen molar-refractivity contribution in [3.63, 3.8) is 0 Å². The number of nitrogen functional groups attached to an aromatic ring is 1. The highest BCUT2D eigenvalue weighted by Gasteiger charge is 2.18. The first-order chi connectivity index (χ1) is 16.4. The van der Waals surface area contributed by atoms with Crippen LogP contribution in [0.3, 0.4) is 0 Å². The number of nitrogens with zero attached hydrogens (tertiary/aromatic N) is 2. The van der Waals surface area contributed by atoms with Crippen LogP contribution in [-0.2, 0) is 11.4 Å². The molecule has 0 radical (unpaired) electrons. The number of ether oxygens (including phenoxy) is 2. The van der Waals surface area contributed by atoms with Gasteiger partial charge in [-0.05, 0) is 41.0 Å². The van der Waals surface area contributed by atoms with Crippen LogP contribution in [0.1, 0.15) is 16.5 Å². The van der Waals surface area contributed by atoms with Gasteiger partial charge in [-0.3, -0.25) is 4.79 Å². The molecular formula is C25H20ClFN4O3. The molecule has 1 unspecified atom stereocenters. The van der Waals surface area contributed by atoms with Crippen molar-refractivity contribution in [3.8, 4) is 28.5 Å². The molecule has 0 spiro atoms. The molecule has 0 saturated carbocycles. The van der Waals surface area contributed by atoms with Crippen LogP contribution in [-0.4, -0.2) is 15.9 Å². The minimum atomic E-state index is -1.02. The molecule has 1 aromatic heterocycles. The largest absolute Gasteiger partial charge is 0.486 e. The number of benzene rings is 3. The van der Waals surface area contributed by atoms with Crippen LogP contribution in [0.25, 0.3) is 11.1 Å². The van der Waals surface area contributed by atoms with E-state index >= 15 is 0 Å². The van der Waals surface area contributed by atoms with Crippen molar-refractivity contribution in [2.45, 2.75) is 12.0 Å². The van der Waals surface area contributed by atoms with Crippen molar-refractivity contribution in [1.82, 2.24) is 9.97 Å². The Morgan fingerprint density at radius 3 is 2.56 bits per heavy atom. The van der Waals surface area contributed by atoms with Gasteiger partial charge in [-0.1, -0.05) is 48.5 Å². The molecule has 1 heterocycles. The highest BCUT2D eigenvalue weighted by molar-refractivity contribution is 6.30. The lowest BCUT2D eigenvalue weighted by molar-refractivity contribution is -0.117. The van der Waals surface area contributed by atoms with Gasteiger partial charge in [0, 0.05) is 0 Å². The zero-order valence-corrected chi connectivity index (χ0v) is 18.6. The number of aromatic nitrogens is 2. The predicted octanol–water partition coefficient (Wildman–Crippen LogP) is 5.00. The number of amides is 1. The number of nitrogens with two attached hydrogens (primary N) is 2. The highest BCUT2D eigenvalue weighted by atomic mass is 35.5. The SMILES string of the molecule is NC(=O)C(Cl)c1cccc(Oc2ncnc(N)c2-c2ccc(OCc3ccccc3)c(F)c2)c1. The first-order valence-electron chi connectivity index (χ1n) is 10.2. The van der Waals surface area contributed by atoms with Crippen molar-refractivity contribution in [3.05, 3.63) is 96.1 Å². The number of hydrogen-bond donors (Lipinski definition) is 2. The molecule has 4 N–H and O–H groups in total. The van der Waals surface area contributed by atoms with Crippen LogP contribution in [0.5, 0.6) is 17.4 Å². The molecule has 1 amide bonds. The lowest BCUT2D eigenvalue weighted by atomic mass is 10.1. The van der Waals surface area contributed by atoms with Crippen molar-refractivity contribution >= 4 is 23.3 Å². The Morgan fingerprint density at radius 1 is 1.03 bits per heavy atom. The van der Waals surface area contributed by atoms with E-state index < -0.39 is 17.1 Å². The molecule has 7 nitrogen and oxygen atoms in total. The second kappa shape index (κ2) is 10.2. The fraction of sp³-hybridized carbons (Fsp3) is 0.0800. The zero-order valence-electron chi connectivity index (χ0n) is 17.8. The fourth-order valence-corrected chi connectivity index (χ4v) is 3.39. The lowest BCUT2D eigenvalue weighted by Gasteiger charge is -2.14. The number of hydrogen-bond acceptors (Lipinski definition) is 6. The Morgan fingerprint density at radius 2 is 1.82 bits per heavy atom. The van der Waals surface area contributed by atoms with Crippen LogP contribution < -0.4 is 20.9 Å². The molecule has 0 aliphatic rings. The van der Waals surface area contributed by atoms with Crippen LogP contribution in [0.2, 0.25) is 0 Å². The van der Waals surface area contributed by atoms with Crippen molar-refractivity contribution in [1.29, 1.82) is 0 Å². The lowest BCUT2D eigenvalue weighted by Crippen LogP contribution is -2.16. The van der Waals surface area contributed by atoms with Crippen LogP contribution >= 0.6 is 11.6 Å². The van der Waals surface area contributed by atoms with Gasteiger partial charge in [0.1, 0.15) is 29.9 Å². The molecule has 0 bridgehead atoms. The topological polar surface area (TPSA) is 113 Å². The summed E-state index contributed by atoms with van der Waals surface area (Å²) in [6.45, 7) is 0.227. The maximum atomic E-state index is 14.8. The maximum Gasteiger partial charge on any atom is 0.240 e. The molecule has 1 atom stereocenters. The highest BCUT2D eigenvalue weighted by Crippen LogP contribution is 2.37. The van der Waals surface area contributed by atoms with Crippen molar-refractivity contribution < 1.29 is 18.7 Å². The molecule has 172 valence electrons. The van der Waals surface area contributed by atoms with E-state index in [0.29, 0.717) is 22.4 Å². The summed E-state index contributed by atoms with van der Waals surface area (Å²) in [5.41, 5.74) is 13.4. The van der Waals surface area contributed by atoms with E-state index in [4.69, 9.17) is 32.5 Å². The quantitative estimate of drug-likeness (QED) is 0.344. The van der Waals surface area contributed by atoms with E-state index in [2.05, 4.69) is 9.97 Å². The minimum Gasteiger partial charge on any atom is -0.486 e. The third kappa shape index (κ3) is 5.24. The molecule has 0 aliphatic heterocycles. The van der Waals surface area contributed by atoms with Gasteiger partial charge in [0.15, 0.2) is 11.6 Å². The predicted molar refractivity (Wildman–Crippen MR) is 127 cm³/mol. The normalized spacial score (nSPS) is 11.6. The van der Waals surface area contributed by atoms with Crippen LogP contribution in [0.15, 0.2) is 79.1 Å². The standard InChI is InChI=1S/C25H20ClFN4O3/c26-22(24(29)32)17-7-4-8-18(11-17)34-25-21(23(28)30-14-31-25)16-9-10-20(19(27)12-16)33-13-15-5-2-1-3-6-15/h1-12,14,22H,13H2,(H2,29,32)(H2,28,30,31). The first-order valence-corrected chi connectivity index (χ1v) is 10.6. The minimum absolute atomic E-state index is 0.0952. The number of anilines is 1. The van der Waals surface area contributed by atoms with Crippen molar-refractivity contribution in [2.24, 2.45) is 5.73 Å².